The minimum absolute atomic E-state index is 0.352. The third-order valence-corrected chi connectivity index (χ3v) is 6.90. The highest BCUT2D eigenvalue weighted by Gasteiger charge is 2.42. The predicted molar refractivity (Wildman–Crippen MR) is 120 cm³/mol. The topological polar surface area (TPSA) is 21.7 Å². The smallest absolute Gasteiger partial charge is 0.161 e. The molecule has 0 saturated heterocycles. The number of nitrogens with zero attached hydrogens (tertiary/aromatic N) is 1. The zero-order chi connectivity index (χ0) is 20.7. The first-order valence-corrected chi connectivity index (χ1v) is 10.8. The normalized spacial score (nSPS) is 22.6. The molecule has 3 aromatic rings. The number of hydrogen-bond acceptors (Lipinski definition) is 3. The molecule has 0 spiro atoms. The van der Waals surface area contributed by atoms with Crippen LogP contribution in [-0.2, 0) is 13.1 Å². The fourth-order valence-corrected chi connectivity index (χ4v) is 5.48. The Morgan fingerprint density at radius 2 is 1.50 bits per heavy atom. The average Bonchev–Trinajstić information content (AvgIpc) is 2.79. The first kappa shape index (κ1) is 19.2. The summed E-state index contributed by atoms with van der Waals surface area (Å²) in [5, 5.41) is 0. The van der Waals surface area contributed by atoms with Gasteiger partial charge in [-0.25, -0.2) is 0 Å². The molecule has 3 aromatic carbocycles. The average molecular weight is 400 g/mol. The molecule has 30 heavy (non-hydrogen) atoms. The highest BCUT2D eigenvalue weighted by molar-refractivity contribution is 5.55. The van der Waals surface area contributed by atoms with Crippen molar-refractivity contribution in [2.75, 3.05) is 14.2 Å². The van der Waals surface area contributed by atoms with Crippen LogP contribution in [0.4, 0.5) is 0 Å². The first-order chi connectivity index (χ1) is 14.7. The van der Waals surface area contributed by atoms with Gasteiger partial charge in [-0.2, -0.15) is 0 Å². The van der Waals surface area contributed by atoms with Crippen molar-refractivity contribution >= 4 is 0 Å². The van der Waals surface area contributed by atoms with E-state index in [1.165, 1.54) is 27.8 Å². The van der Waals surface area contributed by atoms with Gasteiger partial charge in [0.2, 0.25) is 0 Å². The van der Waals surface area contributed by atoms with E-state index in [0.29, 0.717) is 17.9 Å². The van der Waals surface area contributed by atoms with Gasteiger partial charge in [0.15, 0.2) is 11.5 Å². The van der Waals surface area contributed by atoms with Crippen LogP contribution in [0.2, 0.25) is 0 Å². The van der Waals surface area contributed by atoms with Crippen LogP contribution >= 0.6 is 0 Å². The Bertz CT molecular complexity index is 1050. The predicted octanol–water partition coefficient (Wildman–Crippen LogP) is 5.73. The van der Waals surface area contributed by atoms with Crippen LogP contribution in [0, 0.1) is 0 Å². The molecule has 3 atom stereocenters. The minimum Gasteiger partial charge on any atom is -0.493 e. The minimum atomic E-state index is 0.352. The Balaban J connectivity index is 1.64. The summed E-state index contributed by atoms with van der Waals surface area (Å²) in [6.45, 7) is 4.33. The van der Waals surface area contributed by atoms with E-state index in [0.717, 1.165) is 31.0 Å². The van der Waals surface area contributed by atoms with Crippen LogP contribution in [0.15, 0.2) is 66.7 Å². The van der Waals surface area contributed by atoms with E-state index in [1.54, 1.807) is 14.2 Å². The van der Waals surface area contributed by atoms with Gasteiger partial charge in [0.25, 0.3) is 0 Å². The molecular weight excluding hydrogens is 370 g/mol. The van der Waals surface area contributed by atoms with Crippen molar-refractivity contribution in [2.24, 2.45) is 0 Å². The van der Waals surface area contributed by atoms with E-state index >= 15 is 0 Å². The fraction of sp³-hybridized carbons (Fsp3) is 0.333. The summed E-state index contributed by atoms with van der Waals surface area (Å²) < 4.78 is 11.3. The summed E-state index contributed by atoms with van der Waals surface area (Å²) in [5.41, 5.74) is 7.06. The number of ether oxygens (including phenoxy) is 2. The number of benzene rings is 3. The van der Waals surface area contributed by atoms with Crippen LogP contribution in [-0.4, -0.2) is 25.2 Å². The molecule has 0 amide bonds. The Kier molecular flexibility index (Phi) is 5.00. The van der Waals surface area contributed by atoms with Crippen LogP contribution in [0.25, 0.3) is 0 Å². The second kappa shape index (κ2) is 7.81. The third kappa shape index (κ3) is 3.18. The quantitative estimate of drug-likeness (QED) is 0.559. The lowest BCUT2D eigenvalue weighted by Gasteiger charge is -2.47. The molecule has 154 valence electrons. The van der Waals surface area contributed by atoms with Crippen LogP contribution in [0.1, 0.15) is 53.0 Å². The molecule has 0 radical (unpaired) electrons. The molecule has 1 aliphatic heterocycles. The summed E-state index contributed by atoms with van der Waals surface area (Å²) in [4.78, 5) is 2.68. The van der Waals surface area contributed by atoms with E-state index in [1.807, 2.05) is 0 Å². The maximum Gasteiger partial charge on any atom is 0.161 e. The molecule has 1 aliphatic carbocycles. The number of rotatable bonds is 4. The zero-order valence-electron chi connectivity index (χ0n) is 18.0. The van der Waals surface area contributed by atoms with Gasteiger partial charge in [0.05, 0.1) is 14.2 Å². The van der Waals surface area contributed by atoms with Gasteiger partial charge in [0.1, 0.15) is 0 Å². The molecule has 5 rings (SSSR count). The van der Waals surface area contributed by atoms with E-state index in [-0.39, 0.29) is 0 Å². The summed E-state index contributed by atoms with van der Waals surface area (Å²) in [6, 6.07) is 24.7. The van der Waals surface area contributed by atoms with E-state index < -0.39 is 0 Å². The van der Waals surface area contributed by atoms with Gasteiger partial charge in [-0.3, -0.25) is 4.90 Å². The van der Waals surface area contributed by atoms with Gasteiger partial charge >= 0.3 is 0 Å². The monoisotopic (exact) mass is 399 g/mol. The molecular formula is C27H29NO2. The molecule has 1 heterocycles. The summed E-state index contributed by atoms with van der Waals surface area (Å²) in [5.74, 6) is 2.47. The molecule has 0 fully saturated rings. The Morgan fingerprint density at radius 1 is 0.833 bits per heavy atom. The van der Waals surface area contributed by atoms with E-state index in [9.17, 15) is 0 Å². The maximum absolute atomic E-state index is 5.69. The van der Waals surface area contributed by atoms with Crippen LogP contribution < -0.4 is 9.47 Å². The van der Waals surface area contributed by atoms with Crippen molar-refractivity contribution in [1.82, 2.24) is 4.90 Å². The summed E-state index contributed by atoms with van der Waals surface area (Å²) in [6.07, 6.45) is 1.15. The largest absolute Gasteiger partial charge is 0.493 e. The van der Waals surface area contributed by atoms with Gasteiger partial charge in [-0.15, -0.1) is 0 Å². The highest BCUT2D eigenvalue weighted by atomic mass is 16.5. The lowest BCUT2D eigenvalue weighted by molar-refractivity contribution is 0.125. The van der Waals surface area contributed by atoms with E-state index in [2.05, 4.69) is 78.6 Å². The Hall–Kier alpha value is -2.78. The molecule has 0 bridgehead atoms. The second-order valence-corrected chi connectivity index (χ2v) is 8.61. The van der Waals surface area contributed by atoms with Crippen molar-refractivity contribution in [1.29, 1.82) is 0 Å². The van der Waals surface area contributed by atoms with Crippen LogP contribution in [0.5, 0.6) is 11.5 Å². The molecule has 0 saturated carbocycles. The molecule has 0 N–H and O–H groups in total. The van der Waals surface area contributed by atoms with Gasteiger partial charge in [-0.05, 0) is 52.3 Å². The number of hydrogen-bond donors (Lipinski definition) is 0. The Morgan fingerprint density at radius 3 is 2.23 bits per heavy atom. The maximum atomic E-state index is 5.69. The molecule has 3 heteroatoms. The van der Waals surface area contributed by atoms with Crippen molar-refractivity contribution < 1.29 is 9.47 Å². The second-order valence-electron chi connectivity index (χ2n) is 8.61. The van der Waals surface area contributed by atoms with Gasteiger partial charge in [-0.1, -0.05) is 61.5 Å². The summed E-state index contributed by atoms with van der Waals surface area (Å²) >= 11 is 0. The Labute approximate surface area is 179 Å². The van der Waals surface area contributed by atoms with Gasteiger partial charge < -0.3 is 9.47 Å². The number of methoxy groups -OCH3 is 2. The SMILES string of the molecule is COc1cc2c(cc1OC)[C@H]1c3ccccc3CN(Cc3ccccc3)[C@@H]1CC2C. The van der Waals surface area contributed by atoms with E-state index in [4.69, 9.17) is 9.47 Å². The fourth-order valence-electron chi connectivity index (χ4n) is 5.48. The lowest BCUT2D eigenvalue weighted by atomic mass is 9.68. The van der Waals surface area contributed by atoms with Crippen molar-refractivity contribution in [3.63, 3.8) is 0 Å². The standard InChI is InChI=1S/C27H29NO2/c1-18-13-24-27(23-15-26(30-3)25(29-2)14-22(18)23)21-12-8-7-11-20(21)17-28(24)16-19-9-5-4-6-10-19/h4-12,14-15,18,24,27H,13,16-17H2,1-3H3/t18?,24-,27-/m1/s1. The van der Waals surface area contributed by atoms with Crippen molar-refractivity contribution in [3.05, 3.63) is 94.5 Å². The molecule has 1 unspecified atom stereocenters. The number of fused-ring (bicyclic) bond motifs is 5. The first-order valence-electron chi connectivity index (χ1n) is 10.8. The highest BCUT2D eigenvalue weighted by Crippen LogP contribution is 2.50. The van der Waals surface area contributed by atoms with Gasteiger partial charge in [0, 0.05) is 25.0 Å². The van der Waals surface area contributed by atoms with Crippen LogP contribution in [0.3, 0.4) is 0 Å². The molecule has 3 nitrogen and oxygen atoms in total. The van der Waals surface area contributed by atoms with Crippen molar-refractivity contribution in [2.45, 2.75) is 44.3 Å². The summed E-state index contributed by atoms with van der Waals surface area (Å²) in [7, 11) is 3.45. The van der Waals surface area contributed by atoms with Crippen molar-refractivity contribution in [3.8, 4) is 11.5 Å². The lowest BCUT2D eigenvalue weighted by Crippen LogP contribution is -2.46. The third-order valence-electron chi connectivity index (χ3n) is 6.90. The molecule has 0 aromatic heterocycles. The molecule has 2 aliphatic rings. The zero-order valence-corrected chi connectivity index (χ0v) is 18.0.